The lowest BCUT2D eigenvalue weighted by Gasteiger charge is -2.39. The molecule has 0 N–H and O–H groups in total. The molecule has 0 aromatic heterocycles. The zero-order chi connectivity index (χ0) is 15.4. The van der Waals surface area contributed by atoms with Crippen LogP contribution in [0.1, 0.15) is 97.3 Å². The van der Waals surface area contributed by atoms with Gasteiger partial charge in [0, 0.05) is 0 Å². The van der Waals surface area contributed by atoms with Crippen LogP contribution in [0.3, 0.4) is 0 Å². The quantitative estimate of drug-likeness (QED) is 0.486. The molecule has 3 aliphatic rings. The van der Waals surface area contributed by atoms with Crippen LogP contribution in [0.2, 0.25) is 0 Å². The van der Waals surface area contributed by atoms with Gasteiger partial charge in [-0.05, 0) is 87.9 Å². The molecule has 0 radical (unpaired) electrons. The van der Waals surface area contributed by atoms with Crippen LogP contribution < -0.4 is 0 Å². The average Bonchev–Trinajstić information content (AvgIpc) is 2.58. The molecule has 0 spiro atoms. The summed E-state index contributed by atoms with van der Waals surface area (Å²) in [7, 11) is 0. The van der Waals surface area contributed by atoms with E-state index in [1.54, 1.807) is 0 Å². The van der Waals surface area contributed by atoms with Gasteiger partial charge in [-0.1, -0.05) is 50.7 Å². The van der Waals surface area contributed by atoms with E-state index < -0.39 is 0 Å². The van der Waals surface area contributed by atoms with Gasteiger partial charge in [0.05, 0.1) is 0 Å². The first-order valence-corrected chi connectivity index (χ1v) is 10.4. The zero-order valence-electron chi connectivity index (χ0n) is 15.2. The summed E-state index contributed by atoms with van der Waals surface area (Å²) in [6, 6.07) is 0. The maximum absolute atomic E-state index is 2.52. The Hall–Kier alpha value is -0.260. The van der Waals surface area contributed by atoms with Crippen LogP contribution in [0.5, 0.6) is 0 Å². The molecule has 0 amide bonds. The van der Waals surface area contributed by atoms with Crippen molar-refractivity contribution in [2.45, 2.75) is 97.3 Å². The normalized spacial score (nSPS) is 38.9. The fourth-order valence-electron chi connectivity index (χ4n) is 5.92. The lowest BCUT2D eigenvalue weighted by molar-refractivity contribution is 0.154. The number of allylic oxidation sites excluding steroid dienone is 2. The van der Waals surface area contributed by atoms with Crippen LogP contribution in [-0.4, -0.2) is 0 Å². The second kappa shape index (κ2) is 8.02. The molecule has 3 fully saturated rings. The minimum Gasteiger partial charge on any atom is -0.0879 e. The predicted molar refractivity (Wildman–Crippen MR) is 96.9 cm³/mol. The summed E-state index contributed by atoms with van der Waals surface area (Å²) in [6.45, 7) is 4.77. The second-order valence-electron chi connectivity index (χ2n) is 8.76. The lowest BCUT2D eigenvalue weighted by atomic mass is 9.66. The Morgan fingerprint density at radius 2 is 1.14 bits per heavy atom. The summed E-state index contributed by atoms with van der Waals surface area (Å²) in [4.78, 5) is 0. The van der Waals surface area contributed by atoms with E-state index in [0.717, 1.165) is 29.6 Å². The maximum atomic E-state index is 2.52. The molecule has 0 aromatic rings. The molecule has 126 valence electrons. The van der Waals surface area contributed by atoms with Gasteiger partial charge in [0.25, 0.3) is 0 Å². The van der Waals surface area contributed by atoms with E-state index in [4.69, 9.17) is 0 Å². The van der Waals surface area contributed by atoms with Gasteiger partial charge in [-0.15, -0.1) is 0 Å². The lowest BCUT2D eigenvalue weighted by Crippen LogP contribution is -2.27. The van der Waals surface area contributed by atoms with Crippen LogP contribution in [0.4, 0.5) is 0 Å². The molecule has 0 atom stereocenters. The van der Waals surface area contributed by atoms with Crippen molar-refractivity contribution in [1.29, 1.82) is 0 Å². The largest absolute Gasteiger partial charge is 0.0879 e. The Morgan fingerprint density at radius 3 is 1.68 bits per heavy atom. The molecular formula is C22H38. The van der Waals surface area contributed by atoms with Crippen molar-refractivity contribution in [2.75, 3.05) is 0 Å². The monoisotopic (exact) mass is 302 g/mol. The highest BCUT2D eigenvalue weighted by Crippen LogP contribution is 2.45. The second-order valence-corrected chi connectivity index (χ2v) is 8.76. The van der Waals surface area contributed by atoms with E-state index >= 15 is 0 Å². The summed E-state index contributed by atoms with van der Waals surface area (Å²) in [5.41, 5.74) is 1.87. The fourth-order valence-corrected chi connectivity index (χ4v) is 5.92. The van der Waals surface area contributed by atoms with Gasteiger partial charge in [0.15, 0.2) is 0 Å². The summed E-state index contributed by atoms with van der Waals surface area (Å²) in [5.74, 6) is 5.07. The summed E-state index contributed by atoms with van der Waals surface area (Å²) < 4.78 is 0. The fraction of sp³-hybridized carbons (Fsp3) is 0.909. The molecule has 0 aliphatic heterocycles. The van der Waals surface area contributed by atoms with Gasteiger partial charge < -0.3 is 0 Å². The molecular weight excluding hydrogens is 264 g/mol. The van der Waals surface area contributed by atoms with Gasteiger partial charge in [-0.2, -0.15) is 0 Å². The van der Waals surface area contributed by atoms with Gasteiger partial charge in [-0.25, -0.2) is 0 Å². The first kappa shape index (κ1) is 16.6. The zero-order valence-corrected chi connectivity index (χ0v) is 15.2. The first-order valence-electron chi connectivity index (χ1n) is 10.4. The van der Waals surface area contributed by atoms with E-state index in [-0.39, 0.29) is 0 Å². The number of hydrogen-bond donors (Lipinski definition) is 0. The minimum absolute atomic E-state index is 0.951. The van der Waals surface area contributed by atoms with E-state index in [2.05, 4.69) is 19.9 Å². The number of hydrogen-bond acceptors (Lipinski definition) is 0. The van der Waals surface area contributed by atoms with Crippen molar-refractivity contribution < 1.29 is 0 Å². The molecule has 0 heteroatoms. The Kier molecular flexibility index (Phi) is 6.05. The highest BCUT2D eigenvalue weighted by Gasteiger charge is 2.32. The van der Waals surface area contributed by atoms with E-state index in [1.165, 1.54) is 83.5 Å². The minimum atomic E-state index is 0.951. The van der Waals surface area contributed by atoms with Gasteiger partial charge in [-0.3, -0.25) is 0 Å². The molecule has 3 aliphatic carbocycles. The molecule has 0 heterocycles. The van der Waals surface area contributed by atoms with Crippen molar-refractivity contribution in [2.24, 2.45) is 29.6 Å². The van der Waals surface area contributed by atoms with Crippen LogP contribution in [0.15, 0.2) is 11.6 Å². The third-order valence-electron chi connectivity index (χ3n) is 7.38. The molecule has 0 aromatic carbocycles. The molecule has 3 saturated carbocycles. The van der Waals surface area contributed by atoms with Gasteiger partial charge >= 0.3 is 0 Å². The van der Waals surface area contributed by atoms with E-state index in [1.807, 2.05) is 5.57 Å². The van der Waals surface area contributed by atoms with Crippen LogP contribution in [0, 0.1) is 29.6 Å². The van der Waals surface area contributed by atoms with Crippen molar-refractivity contribution in [1.82, 2.24) is 0 Å². The highest BCUT2D eigenvalue weighted by atomic mass is 14.4. The van der Waals surface area contributed by atoms with E-state index in [9.17, 15) is 0 Å². The molecule has 0 bridgehead atoms. The van der Waals surface area contributed by atoms with E-state index in [0.29, 0.717) is 0 Å². The average molecular weight is 303 g/mol. The van der Waals surface area contributed by atoms with Crippen LogP contribution in [0.25, 0.3) is 0 Å². The first-order chi connectivity index (χ1) is 10.8. The van der Waals surface area contributed by atoms with Crippen LogP contribution in [-0.2, 0) is 0 Å². The van der Waals surface area contributed by atoms with Crippen molar-refractivity contribution in [3.8, 4) is 0 Å². The van der Waals surface area contributed by atoms with Crippen molar-refractivity contribution >= 4 is 0 Å². The van der Waals surface area contributed by atoms with Gasteiger partial charge in [0.2, 0.25) is 0 Å². The Morgan fingerprint density at radius 1 is 0.636 bits per heavy atom. The molecule has 3 rings (SSSR count). The number of rotatable bonds is 3. The van der Waals surface area contributed by atoms with Crippen molar-refractivity contribution in [3.63, 3.8) is 0 Å². The maximum Gasteiger partial charge on any atom is -0.0200 e. The van der Waals surface area contributed by atoms with Crippen LogP contribution >= 0.6 is 0 Å². The Balaban J connectivity index is 1.50. The predicted octanol–water partition coefficient (Wildman–Crippen LogP) is 7.15. The summed E-state index contributed by atoms with van der Waals surface area (Å²) in [5, 5.41) is 0. The molecule has 0 nitrogen and oxygen atoms in total. The molecule has 22 heavy (non-hydrogen) atoms. The summed E-state index contributed by atoms with van der Waals surface area (Å²) in [6.07, 6.45) is 22.1. The standard InChI is InChI=1S/C22H38/c1-3-22(20-7-5-4-6-8-20)21-15-13-19(14-16-21)18-11-9-17(2)10-12-18/h3,17-21H,4-16H2,1-2H3/b22-3+. The SMILES string of the molecule is C/C=C(\C1CCCCC1)C1CCC(C2CCC(C)CC2)CC1. The smallest absolute Gasteiger partial charge is 0.0200 e. The third kappa shape index (κ3) is 3.98. The van der Waals surface area contributed by atoms with Crippen molar-refractivity contribution in [3.05, 3.63) is 11.6 Å². The third-order valence-corrected chi connectivity index (χ3v) is 7.38. The summed E-state index contributed by atoms with van der Waals surface area (Å²) >= 11 is 0. The molecule has 0 unspecified atom stereocenters. The Labute approximate surface area is 139 Å². The van der Waals surface area contributed by atoms with Gasteiger partial charge in [0.1, 0.15) is 0 Å². The molecule has 0 saturated heterocycles. The Bertz CT molecular complexity index is 344. The topological polar surface area (TPSA) is 0 Å². The highest BCUT2D eigenvalue weighted by molar-refractivity contribution is 5.12.